The molecule has 8 heteroatoms. The lowest BCUT2D eigenvalue weighted by Gasteiger charge is -2.53. The largest absolute Gasteiger partial charge is 0.444 e. The third kappa shape index (κ3) is 5.14. The van der Waals surface area contributed by atoms with Crippen molar-refractivity contribution < 1.29 is 18.7 Å². The van der Waals surface area contributed by atoms with Gasteiger partial charge in [-0.2, -0.15) is 5.26 Å². The quantitative estimate of drug-likeness (QED) is 0.616. The van der Waals surface area contributed by atoms with Crippen LogP contribution in [-0.4, -0.2) is 59.8 Å². The third-order valence-electron chi connectivity index (χ3n) is 5.68. The number of rotatable bonds is 1. The number of fused-ring (bicyclic) bond motifs is 1. The van der Waals surface area contributed by atoms with Crippen molar-refractivity contribution in [1.29, 1.82) is 5.26 Å². The van der Waals surface area contributed by atoms with Gasteiger partial charge in [0.25, 0.3) is 0 Å². The number of nitrogens with zero attached hydrogens (tertiary/aromatic N) is 3. The summed E-state index contributed by atoms with van der Waals surface area (Å²) < 4.78 is 26.0. The van der Waals surface area contributed by atoms with Crippen LogP contribution in [0.4, 0.5) is 9.18 Å². The molecule has 31 heavy (non-hydrogen) atoms. The SMILES string of the molecule is CC(C)(C)OC(=O)N1CCN2C[C@@H](c3ccc(F)c(C#N)c3Cl)OC(C(C)(C)C)[C@H]2C1. The van der Waals surface area contributed by atoms with E-state index in [2.05, 4.69) is 25.7 Å². The maximum absolute atomic E-state index is 14.0. The number of hydrogen-bond donors (Lipinski definition) is 0. The molecular weight excluding hydrogens is 421 g/mol. The van der Waals surface area contributed by atoms with Gasteiger partial charge in [0.1, 0.15) is 23.1 Å². The van der Waals surface area contributed by atoms with Crippen molar-refractivity contribution >= 4 is 17.7 Å². The standard InChI is InChI=1S/C23H31ClFN3O3/c1-22(2,3)20-17-12-28(21(29)31-23(4,5)6)10-9-27(17)13-18(30-20)14-7-8-16(25)15(11-26)19(14)24/h7-8,17-18,20H,9-10,12-13H2,1-6H3/t17-,18+,20?/m1/s1. The van der Waals surface area contributed by atoms with Gasteiger partial charge in [0, 0.05) is 31.7 Å². The molecule has 1 aromatic carbocycles. The first-order valence-electron chi connectivity index (χ1n) is 10.6. The highest BCUT2D eigenvalue weighted by molar-refractivity contribution is 6.32. The molecule has 0 saturated carbocycles. The van der Waals surface area contributed by atoms with E-state index in [4.69, 9.17) is 21.1 Å². The lowest BCUT2D eigenvalue weighted by atomic mass is 9.81. The van der Waals surface area contributed by atoms with Crippen molar-refractivity contribution in [3.63, 3.8) is 0 Å². The van der Waals surface area contributed by atoms with Crippen molar-refractivity contribution in [2.24, 2.45) is 5.41 Å². The maximum atomic E-state index is 14.0. The van der Waals surface area contributed by atoms with Crippen molar-refractivity contribution in [3.05, 3.63) is 34.1 Å². The second kappa shape index (κ2) is 8.57. The molecule has 1 aromatic rings. The Morgan fingerprint density at radius 2 is 1.90 bits per heavy atom. The van der Waals surface area contributed by atoms with E-state index in [9.17, 15) is 14.4 Å². The van der Waals surface area contributed by atoms with Crippen LogP contribution in [-0.2, 0) is 9.47 Å². The molecule has 0 aromatic heterocycles. The number of morpholine rings is 1. The first kappa shape index (κ1) is 23.8. The van der Waals surface area contributed by atoms with Crippen molar-refractivity contribution in [2.75, 3.05) is 26.2 Å². The summed E-state index contributed by atoms with van der Waals surface area (Å²) in [7, 11) is 0. The molecule has 6 nitrogen and oxygen atoms in total. The van der Waals surface area contributed by atoms with Gasteiger partial charge < -0.3 is 14.4 Å². The molecule has 2 aliphatic heterocycles. The Balaban J connectivity index is 1.87. The molecule has 2 aliphatic rings. The summed E-state index contributed by atoms with van der Waals surface area (Å²) in [4.78, 5) is 16.7. The molecule has 2 fully saturated rings. The molecule has 1 amide bonds. The normalized spacial score (nSPS) is 25.0. The van der Waals surface area contributed by atoms with Crippen LogP contribution in [0.1, 0.15) is 58.8 Å². The lowest BCUT2D eigenvalue weighted by Crippen LogP contribution is -2.65. The Kier molecular flexibility index (Phi) is 6.57. The van der Waals surface area contributed by atoms with E-state index in [-0.39, 0.29) is 34.2 Å². The van der Waals surface area contributed by atoms with Crippen LogP contribution in [0.2, 0.25) is 5.02 Å². The summed E-state index contributed by atoms with van der Waals surface area (Å²) >= 11 is 6.38. The zero-order valence-corrected chi connectivity index (χ0v) is 19.8. The first-order valence-corrected chi connectivity index (χ1v) is 10.9. The van der Waals surface area contributed by atoms with Crippen LogP contribution >= 0.6 is 11.6 Å². The minimum absolute atomic E-state index is 0.00724. The summed E-state index contributed by atoms with van der Waals surface area (Å²) in [5, 5.41) is 9.38. The van der Waals surface area contributed by atoms with E-state index in [1.54, 1.807) is 11.0 Å². The van der Waals surface area contributed by atoms with Crippen LogP contribution in [0.15, 0.2) is 12.1 Å². The van der Waals surface area contributed by atoms with E-state index in [0.29, 0.717) is 31.7 Å². The van der Waals surface area contributed by atoms with Crippen LogP contribution in [0.25, 0.3) is 0 Å². The summed E-state index contributed by atoms with van der Waals surface area (Å²) in [6, 6.07) is 4.70. The Bertz CT molecular complexity index is 888. The Hall–Kier alpha value is -1.88. The highest BCUT2D eigenvalue weighted by Gasteiger charge is 2.47. The molecule has 170 valence electrons. The number of nitriles is 1. The first-order chi connectivity index (χ1) is 14.3. The molecule has 0 N–H and O–H groups in total. The highest BCUT2D eigenvalue weighted by atomic mass is 35.5. The summed E-state index contributed by atoms with van der Waals surface area (Å²) in [6.45, 7) is 14.1. The van der Waals surface area contributed by atoms with Gasteiger partial charge in [0.15, 0.2) is 0 Å². The fourth-order valence-electron chi connectivity index (χ4n) is 4.25. The number of amides is 1. The zero-order valence-electron chi connectivity index (χ0n) is 19.0. The van der Waals surface area contributed by atoms with E-state index in [0.717, 1.165) is 0 Å². The average Bonchev–Trinajstić information content (AvgIpc) is 2.65. The molecular formula is C23H31ClFN3O3. The average molecular weight is 452 g/mol. The van der Waals surface area contributed by atoms with Gasteiger partial charge >= 0.3 is 6.09 Å². The summed E-state index contributed by atoms with van der Waals surface area (Å²) in [5.41, 5.74) is -0.319. The number of ether oxygens (including phenoxy) is 2. The minimum atomic E-state index is -0.636. The van der Waals surface area contributed by atoms with Crippen molar-refractivity contribution in [3.8, 4) is 6.07 Å². The monoisotopic (exact) mass is 451 g/mol. The van der Waals surface area contributed by atoms with Gasteiger partial charge in [0.05, 0.1) is 23.3 Å². The fraction of sp³-hybridized carbons (Fsp3) is 0.652. The van der Waals surface area contributed by atoms with Gasteiger partial charge in [0.2, 0.25) is 0 Å². The van der Waals surface area contributed by atoms with E-state index >= 15 is 0 Å². The second-order valence-corrected chi connectivity index (χ2v) is 10.7. The van der Waals surface area contributed by atoms with Gasteiger partial charge in [-0.25, -0.2) is 9.18 Å². The van der Waals surface area contributed by atoms with Crippen LogP contribution in [0, 0.1) is 22.6 Å². The fourth-order valence-corrected chi connectivity index (χ4v) is 4.57. The van der Waals surface area contributed by atoms with Gasteiger partial charge in [-0.05, 0) is 32.3 Å². The van der Waals surface area contributed by atoms with Crippen LogP contribution in [0.3, 0.4) is 0 Å². The topological polar surface area (TPSA) is 65.8 Å². The Morgan fingerprint density at radius 1 is 1.23 bits per heavy atom. The summed E-state index contributed by atoms with van der Waals surface area (Å²) in [5.74, 6) is -0.636. The van der Waals surface area contributed by atoms with E-state index < -0.39 is 17.5 Å². The molecule has 0 spiro atoms. The molecule has 3 rings (SSSR count). The predicted octanol–water partition coefficient (Wildman–Crippen LogP) is 4.76. The van der Waals surface area contributed by atoms with Gasteiger partial charge in [-0.1, -0.05) is 38.4 Å². The lowest BCUT2D eigenvalue weighted by molar-refractivity contribution is -0.174. The molecule has 3 atom stereocenters. The van der Waals surface area contributed by atoms with Crippen molar-refractivity contribution in [2.45, 2.75) is 65.4 Å². The number of hydrogen-bond acceptors (Lipinski definition) is 5. The van der Waals surface area contributed by atoms with Gasteiger partial charge in [-0.3, -0.25) is 4.90 Å². The second-order valence-electron chi connectivity index (χ2n) is 10.3. The van der Waals surface area contributed by atoms with Crippen LogP contribution in [0.5, 0.6) is 0 Å². The minimum Gasteiger partial charge on any atom is -0.444 e. The molecule has 2 saturated heterocycles. The van der Waals surface area contributed by atoms with E-state index in [1.165, 1.54) is 6.07 Å². The smallest absolute Gasteiger partial charge is 0.410 e. The zero-order chi connectivity index (χ0) is 23.1. The van der Waals surface area contributed by atoms with Crippen molar-refractivity contribution in [1.82, 2.24) is 9.80 Å². The predicted molar refractivity (Wildman–Crippen MR) is 116 cm³/mol. The molecule has 0 radical (unpaired) electrons. The number of halogens is 2. The molecule has 2 heterocycles. The third-order valence-corrected chi connectivity index (χ3v) is 6.09. The number of piperazine rings is 1. The van der Waals surface area contributed by atoms with Gasteiger partial charge in [-0.15, -0.1) is 0 Å². The van der Waals surface area contributed by atoms with Crippen LogP contribution < -0.4 is 0 Å². The molecule has 1 unspecified atom stereocenters. The molecule has 0 aliphatic carbocycles. The highest BCUT2D eigenvalue weighted by Crippen LogP contribution is 2.41. The number of benzene rings is 1. The Morgan fingerprint density at radius 3 is 2.48 bits per heavy atom. The molecule has 0 bridgehead atoms. The Labute approximate surface area is 188 Å². The maximum Gasteiger partial charge on any atom is 0.410 e. The number of carbonyl (C=O) groups excluding carboxylic acids is 1. The summed E-state index contributed by atoms with van der Waals surface area (Å²) in [6.07, 6.45) is -0.918. The number of carbonyl (C=O) groups is 1. The van der Waals surface area contributed by atoms with E-state index in [1.807, 2.05) is 26.8 Å².